The number of rotatable bonds is 4. The summed E-state index contributed by atoms with van der Waals surface area (Å²) in [6, 6.07) is 18.0. The van der Waals surface area contributed by atoms with Gasteiger partial charge in [0.25, 0.3) is 5.56 Å². The summed E-state index contributed by atoms with van der Waals surface area (Å²) in [5, 5.41) is 0.620. The van der Waals surface area contributed by atoms with E-state index in [0.29, 0.717) is 17.9 Å². The Hall–Kier alpha value is -3.41. The van der Waals surface area contributed by atoms with Crippen molar-refractivity contribution in [3.8, 4) is 0 Å². The van der Waals surface area contributed by atoms with E-state index >= 15 is 0 Å². The second-order valence-corrected chi connectivity index (χ2v) is 7.15. The summed E-state index contributed by atoms with van der Waals surface area (Å²) >= 11 is 0. The molecule has 3 heterocycles. The van der Waals surface area contributed by atoms with Gasteiger partial charge in [-0.25, -0.2) is 9.97 Å². The van der Waals surface area contributed by atoms with Crippen LogP contribution in [-0.2, 0) is 25.9 Å². The zero-order valence-electron chi connectivity index (χ0n) is 15.5. The average molecular weight is 371 g/mol. The van der Waals surface area contributed by atoms with Crippen molar-refractivity contribution in [3.05, 3.63) is 88.2 Å². The number of nitrogens with one attached hydrogen (secondary N) is 1. The molecule has 0 saturated heterocycles. The number of fused-ring (bicyclic) bond motifs is 2. The van der Waals surface area contributed by atoms with E-state index in [9.17, 15) is 4.79 Å². The molecule has 140 valence electrons. The molecule has 2 aromatic carbocycles. The minimum absolute atomic E-state index is 0.0974. The van der Waals surface area contributed by atoms with Crippen LogP contribution < -0.4 is 10.5 Å². The van der Waals surface area contributed by atoms with E-state index < -0.39 is 0 Å². The van der Waals surface area contributed by atoms with Crippen LogP contribution in [0.4, 0.5) is 5.95 Å². The molecule has 0 amide bonds. The Morgan fingerprint density at radius 3 is 2.75 bits per heavy atom. The van der Waals surface area contributed by atoms with Gasteiger partial charge in [-0.3, -0.25) is 9.78 Å². The monoisotopic (exact) mass is 371 g/mol. The summed E-state index contributed by atoms with van der Waals surface area (Å²) in [6.45, 7) is 2.40. The zero-order valence-corrected chi connectivity index (χ0v) is 15.5. The number of imidazole rings is 1. The molecule has 6 heteroatoms. The van der Waals surface area contributed by atoms with E-state index in [1.165, 1.54) is 11.3 Å². The van der Waals surface area contributed by atoms with Crippen molar-refractivity contribution >= 4 is 16.9 Å². The highest BCUT2D eigenvalue weighted by Gasteiger charge is 2.22. The number of anilines is 1. The third-order valence-electron chi connectivity index (χ3n) is 5.38. The minimum atomic E-state index is -0.0974. The van der Waals surface area contributed by atoms with Crippen LogP contribution in [0.25, 0.3) is 10.9 Å². The fraction of sp³-hybridized carbons (Fsp3) is 0.227. The number of aromatic nitrogens is 4. The number of benzene rings is 2. The summed E-state index contributed by atoms with van der Waals surface area (Å²) in [4.78, 5) is 26.7. The summed E-state index contributed by atoms with van der Waals surface area (Å²) < 4.78 is 2.26. The van der Waals surface area contributed by atoms with Crippen LogP contribution in [0.2, 0.25) is 0 Å². The van der Waals surface area contributed by atoms with Gasteiger partial charge in [0.05, 0.1) is 29.5 Å². The van der Waals surface area contributed by atoms with Crippen molar-refractivity contribution in [2.45, 2.75) is 25.9 Å². The molecule has 1 aliphatic rings. The van der Waals surface area contributed by atoms with Gasteiger partial charge in [0.1, 0.15) is 0 Å². The van der Waals surface area contributed by atoms with Gasteiger partial charge in [-0.2, -0.15) is 0 Å². The molecule has 0 saturated carbocycles. The van der Waals surface area contributed by atoms with Gasteiger partial charge in [0.15, 0.2) is 0 Å². The van der Waals surface area contributed by atoms with Crippen LogP contribution >= 0.6 is 0 Å². The molecule has 6 nitrogen and oxygen atoms in total. The van der Waals surface area contributed by atoms with Crippen LogP contribution in [0.5, 0.6) is 0 Å². The lowest BCUT2D eigenvalue weighted by atomic mass is 10.1. The summed E-state index contributed by atoms with van der Waals surface area (Å²) in [7, 11) is 0. The first-order valence-corrected chi connectivity index (χ1v) is 9.59. The lowest BCUT2D eigenvalue weighted by Crippen LogP contribution is -2.34. The van der Waals surface area contributed by atoms with E-state index in [-0.39, 0.29) is 5.56 Å². The largest absolute Gasteiger partial charge is 0.336 e. The van der Waals surface area contributed by atoms with Gasteiger partial charge in [-0.15, -0.1) is 0 Å². The maximum Gasteiger partial charge on any atom is 0.260 e. The summed E-state index contributed by atoms with van der Waals surface area (Å²) in [5.41, 5.74) is 4.31. The Kier molecular flexibility index (Phi) is 4.16. The summed E-state index contributed by atoms with van der Waals surface area (Å²) in [5.74, 6) is 0.619. The number of nitrogens with zero attached hydrogens (tertiary/aromatic N) is 4. The molecule has 0 unspecified atom stereocenters. The number of para-hydroxylation sites is 1. The Labute approximate surface area is 162 Å². The Bertz CT molecular complexity index is 1180. The molecule has 0 bridgehead atoms. The normalized spacial score (nSPS) is 13.6. The Balaban J connectivity index is 1.36. The van der Waals surface area contributed by atoms with Crippen molar-refractivity contribution in [2.75, 3.05) is 11.4 Å². The number of H-pyrrole nitrogens is 1. The second kappa shape index (κ2) is 6.96. The van der Waals surface area contributed by atoms with Gasteiger partial charge in [-0.1, -0.05) is 42.5 Å². The van der Waals surface area contributed by atoms with Gasteiger partial charge in [0, 0.05) is 25.2 Å². The van der Waals surface area contributed by atoms with Gasteiger partial charge in [-0.05, 0) is 24.1 Å². The molecule has 0 atom stereocenters. The molecular formula is C22H21N5O. The van der Waals surface area contributed by atoms with Crippen LogP contribution in [0.1, 0.15) is 17.0 Å². The number of aromatic amines is 1. The third kappa shape index (κ3) is 3.07. The van der Waals surface area contributed by atoms with Gasteiger partial charge < -0.3 is 9.47 Å². The van der Waals surface area contributed by atoms with E-state index in [1.54, 1.807) is 6.07 Å². The molecule has 0 spiro atoms. The maximum absolute atomic E-state index is 12.4. The predicted molar refractivity (Wildman–Crippen MR) is 109 cm³/mol. The Morgan fingerprint density at radius 1 is 1.04 bits per heavy atom. The molecule has 0 radical (unpaired) electrons. The van der Waals surface area contributed by atoms with E-state index in [1.807, 2.05) is 30.6 Å². The van der Waals surface area contributed by atoms with Gasteiger partial charge in [0.2, 0.25) is 5.95 Å². The number of hydrogen-bond acceptors (Lipinski definition) is 4. The van der Waals surface area contributed by atoms with Crippen LogP contribution in [0.15, 0.2) is 65.7 Å². The number of aryl methyl sites for hydroxylation is 2. The highest BCUT2D eigenvalue weighted by molar-refractivity contribution is 5.78. The standard InChI is InChI=1S/C22H21N5O/c28-21-17-8-4-5-9-18(17)24-22(25-21)26-13-11-20-19(14-26)23-15-27(20)12-10-16-6-2-1-3-7-16/h1-9,15H,10-14H2,(H,24,25,28). The molecular weight excluding hydrogens is 350 g/mol. The molecule has 1 N–H and O–H groups in total. The predicted octanol–water partition coefficient (Wildman–Crippen LogP) is 2.93. The number of hydrogen-bond donors (Lipinski definition) is 1. The molecule has 28 heavy (non-hydrogen) atoms. The highest BCUT2D eigenvalue weighted by atomic mass is 16.1. The minimum Gasteiger partial charge on any atom is -0.336 e. The van der Waals surface area contributed by atoms with Crippen LogP contribution in [0.3, 0.4) is 0 Å². The third-order valence-corrected chi connectivity index (χ3v) is 5.38. The van der Waals surface area contributed by atoms with Gasteiger partial charge >= 0.3 is 0 Å². The molecule has 5 rings (SSSR count). The molecule has 1 aliphatic heterocycles. The molecule has 0 fully saturated rings. The fourth-order valence-electron chi connectivity index (χ4n) is 3.86. The first kappa shape index (κ1) is 16.7. The Morgan fingerprint density at radius 2 is 1.86 bits per heavy atom. The summed E-state index contributed by atoms with van der Waals surface area (Å²) in [6.07, 6.45) is 3.82. The maximum atomic E-state index is 12.4. The van der Waals surface area contributed by atoms with E-state index in [4.69, 9.17) is 0 Å². The SMILES string of the molecule is O=c1[nH]c(N2CCc3c(ncn3CCc3ccccc3)C2)nc2ccccc12. The molecule has 0 aliphatic carbocycles. The topological polar surface area (TPSA) is 66.8 Å². The van der Waals surface area contributed by atoms with E-state index in [2.05, 4.69) is 48.7 Å². The lowest BCUT2D eigenvalue weighted by Gasteiger charge is -2.27. The van der Waals surface area contributed by atoms with Crippen molar-refractivity contribution in [1.82, 2.24) is 19.5 Å². The first-order chi connectivity index (χ1) is 13.8. The van der Waals surface area contributed by atoms with Crippen LogP contribution in [0, 0.1) is 0 Å². The van der Waals surface area contributed by atoms with Crippen LogP contribution in [-0.4, -0.2) is 26.1 Å². The van der Waals surface area contributed by atoms with Crippen molar-refractivity contribution in [3.63, 3.8) is 0 Å². The smallest absolute Gasteiger partial charge is 0.260 e. The quantitative estimate of drug-likeness (QED) is 0.599. The fourth-order valence-corrected chi connectivity index (χ4v) is 3.86. The molecule has 4 aromatic rings. The van der Waals surface area contributed by atoms with E-state index in [0.717, 1.165) is 37.1 Å². The second-order valence-electron chi connectivity index (χ2n) is 7.15. The average Bonchev–Trinajstić information content (AvgIpc) is 3.15. The van der Waals surface area contributed by atoms with Crippen molar-refractivity contribution in [1.29, 1.82) is 0 Å². The van der Waals surface area contributed by atoms with Crippen molar-refractivity contribution < 1.29 is 0 Å². The first-order valence-electron chi connectivity index (χ1n) is 9.59. The zero-order chi connectivity index (χ0) is 18.9. The van der Waals surface area contributed by atoms with Crippen molar-refractivity contribution in [2.24, 2.45) is 0 Å². The molecule has 2 aromatic heterocycles. The lowest BCUT2D eigenvalue weighted by molar-refractivity contribution is 0.619. The highest BCUT2D eigenvalue weighted by Crippen LogP contribution is 2.22.